The average Bonchev–Trinajstić information content (AvgIpc) is 3.15. The SMILES string of the molecule is F[B-](F)(F)F.F[B-](F)(F)F.F[B-](F)(F)F.c1ccc(COC2CC2)cc1. The van der Waals surface area contributed by atoms with E-state index in [2.05, 4.69) is 12.1 Å². The molecular weight excluding hydrogens is 397 g/mol. The molecule has 154 valence electrons. The van der Waals surface area contributed by atoms with Gasteiger partial charge in [0, 0.05) is 0 Å². The van der Waals surface area contributed by atoms with Crippen molar-refractivity contribution in [1.82, 2.24) is 0 Å². The predicted molar refractivity (Wildman–Crippen MR) is 74.8 cm³/mol. The van der Waals surface area contributed by atoms with Crippen LogP contribution in [0.25, 0.3) is 0 Å². The van der Waals surface area contributed by atoms with Gasteiger partial charge in [-0.2, -0.15) is 0 Å². The molecule has 26 heavy (non-hydrogen) atoms. The molecule has 0 aromatic heterocycles. The van der Waals surface area contributed by atoms with E-state index in [0.717, 1.165) is 6.61 Å². The van der Waals surface area contributed by atoms with Gasteiger partial charge in [0.1, 0.15) is 0 Å². The molecule has 1 aromatic rings. The molecule has 0 aliphatic heterocycles. The van der Waals surface area contributed by atoms with Crippen LogP contribution >= 0.6 is 0 Å². The molecular formula is C10H12B3F12O-3. The molecule has 1 aliphatic carbocycles. The number of halogens is 12. The van der Waals surface area contributed by atoms with E-state index in [4.69, 9.17) is 4.74 Å². The molecule has 0 amide bonds. The minimum absolute atomic E-state index is 0.565. The van der Waals surface area contributed by atoms with E-state index in [9.17, 15) is 51.8 Å². The van der Waals surface area contributed by atoms with Crippen molar-refractivity contribution < 1.29 is 56.5 Å². The molecule has 2 rings (SSSR count). The minimum Gasteiger partial charge on any atom is -0.418 e. The lowest BCUT2D eigenvalue weighted by atomic mass is 10.2. The van der Waals surface area contributed by atoms with Crippen LogP contribution in [-0.4, -0.2) is 27.9 Å². The van der Waals surface area contributed by atoms with Crippen LogP contribution in [0.4, 0.5) is 51.8 Å². The normalized spacial score (nSPS) is 14.0. The van der Waals surface area contributed by atoms with Gasteiger partial charge >= 0.3 is 21.8 Å². The van der Waals surface area contributed by atoms with Gasteiger partial charge in [0.25, 0.3) is 0 Å². The molecule has 0 N–H and O–H groups in total. The van der Waals surface area contributed by atoms with Crippen molar-refractivity contribution in [1.29, 1.82) is 0 Å². The first-order chi connectivity index (χ1) is 11.4. The zero-order chi connectivity index (χ0) is 21.0. The summed E-state index contributed by atoms with van der Waals surface area (Å²) in [6.07, 6.45) is 3.08. The summed E-state index contributed by atoms with van der Waals surface area (Å²) < 4.78 is 123. The zero-order valence-corrected chi connectivity index (χ0v) is 12.8. The van der Waals surface area contributed by atoms with E-state index in [1.54, 1.807) is 0 Å². The van der Waals surface area contributed by atoms with Gasteiger partial charge in [-0.3, -0.25) is 0 Å². The Morgan fingerprint density at radius 2 is 0.962 bits per heavy atom. The van der Waals surface area contributed by atoms with Crippen molar-refractivity contribution in [2.24, 2.45) is 0 Å². The van der Waals surface area contributed by atoms with Crippen LogP contribution in [0.2, 0.25) is 0 Å². The molecule has 1 aliphatic rings. The smallest absolute Gasteiger partial charge is 0.418 e. The zero-order valence-electron chi connectivity index (χ0n) is 12.8. The summed E-state index contributed by atoms with van der Waals surface area (Å²) in [4.78, 5) is 0. The highest BCUT2D eigenvalue weighted by atomic mass is 19.5. The Bertz CT molecular complexity index is 411. The maximum atomic E-state index is 9.75. The van der Waals surface area contributed by atoms with E-state index < -0.39 is 21.8 Å². The third kappa shape index (κ3) is 49.5. The summed E-state index contributed by atoms with van der Waals surface area (Å²) in [5, 5.41) is 0. The second-order valence-electron chi connectivity index (χ2n) is 4.48. The van der Waals surface area contributed by atoms with Gasteiger partial charge in [-0.1, -0.05) is 30.3 Å². The molecule has 1 saturated carbocycles. The summed E-state index contributed by atoms with van der Waals surface area (Å²) in [6.45, 7) is 0.783. The second kappa shape index (κ2) is 12.0. The Morgan fingerprint density at radius 1 is 0.654 bits per heavy atom. The third-order valence-corrected chi connectivity index (χ3v) is 1.85. The lowest BCUT2D eigenvalue weighted by molar-refractivity contribution is 0.106. The Kier molecular flexibility index (Phi) is 12.4. The van der Waals surface area contributed by atoms with Crippen molar-refractivity contribution >= 4 is 21.8 Å². The molecule has 0 heterocycles. The van der Waals surface area contributed by atoms with E-state index in [1.165, 1.54) is 18.4 Å². The number of benzene rings is 1. The highest BCUT2D eigenvalue weighted by Gasteiger charge is 2.22. The van der Waals surface area contributed by atoms with Crippen LogP contribution in [-0.2, 0) is 11.3 Å². The number of hydrogen-bond donors (Lipinski definition) is 0. The van der Waals surface area contributed by atoms with E-state index in [-0.39, 0.29) is 0 Å². The molecule has 0 spiro atoms. The number of rotatable bonds is 3. The van der Waals surface area contributed by atoms with Crippen molar-refractivity contribution in [3.05, 3.63) is 35.9 Å². The molecule has 1 nitrogen and oxygen atoms in total. The fraction of sp³-hybridized carbons (Fsp3) is 0.400. The van der Waals surface area contributed by atoms with Crippen molar-refractivity contribution in [2.75, 3.05) is 0 Å². The molecule has 1 aromatic carbocycles. The Balaban J connectivity index is 0. The fourth-order valence-electron chi connectivity index (χ4n) is 1.02. The summed E-state index contributed by atoms with van der Waals surface area (Å²) in [5.74, 6) is 0. The van der Waals surface area contributed by atoms with Crippen LogP contribution in [0.5, 0.6) is 0 Å². The van der Waals surface area contributed by atoms with Crippen LogP contribution in [0.15, 0.2) is 30.3 Å². The molecule has 0 bridgehead atoms. The topological polar surface area (TPSA) is 9.23 Å². The van der Waals surface area contributed by atoms with Crippen molar-refractivity contribution in [3.63, 3.8) is 0 Å². The van der Waals surface area contributed by atoms with Crippen LogP contribution in [0.3, 0.4) is 0 Å². The fourth-order valence-corrected chi connectivity index (χ4v) is 1.02. The van der Waals surface area contributed by atoms with Gasteiger partial charge in [0.05, 0.1) is 12.7 Å². The molecule has 0 saturated heterocycles. The van der Waals surface area contributed by atoms with Gasteiger partial charge in [0.15, 0.2) is 0 Å². The van der Waals surface area contributed by atoms with Crippen LogP contribution in [0.1, 0.15) is 18.4 Å². The highest BCUT2D eigenvalue weighted by Crippen LogP contribution is 2.24. The first kappa shape index (κ1) is 26.8. The lowest BCUT2D eigenvalue weighted by Gasteiger charge is -2.00. The molecule has 0 radical (unpaired) electrons. The predicted octanol–water partition coefficient (Wildman–Crippen LogP) is 6.27. The largest absolute Gasteiger partial charge is 0.673 e. The van der Waals surface area contributed by atoms with Gasteiger partial charge in [-0.15, -0.1) is 0 Å². The van der Waals surface area contributed by atoms with Crippen LogP contribution < -0.4 is 0 Å². The Hall–Kier alpha value is -1.47. The Morgan fingerprint density at radius 3 is 1.23 bits per heavy atom. The average molecular weight is 409 g/mol. The van der Waals surface area contributed by atoms with Crippen molar-refractivity contribution in [2.45, 2.75) is 25.6 Å². The summed E-state index contributed by atoms with van der Waals surface area (Å²) >= 11 is 0. The maximum Gasteiger partial charge on any atom is 0.673 e. The van der Waals surface area contributed by atoms with Crippen LogP contribution in [0, 0.1) is 0 Å². The minimum atomic E-state index is -6.00. The Labute approximate surface area is 141 Å². The summed E-state index contributed by atoms with van der Waals surface area (Å²) in [5.41, 5.74) is 1.28. The van der Waals surface area contributed by atoms with Gasteiger partial charge in [-0.25, -0.2) is 0 Å². The second-order valence-corrected chi connectivity index (χ2v) is 4.48. The maximum absolute atomic E-state index is 9.75. The summed E-state index contributed by atoms with van der Waals surface area (Å²) in [6, 6.07) is 10.3. The third-order valence-electron chi connectivity index (χ3n) is 1.85. The lowest BCUT2D eigenvalue weighted by Crippen LogP contribution is -2.02. The summed E-state index contributed by atoms with van der Waals surface area (Å²) in [7, 11) is -18.0. The number of hydrogen-bond acceptors (Lipinski definition) is 1. The van der Waals surface area contributed by atoms with Crippen molar-refractivity contribution in [3.8, 4) is 0 Å². The molecule has 0 unspecified atom stereocenters. The number of ether oxygens (including phenoxy) is 1. The monoisotopic (exact) mass is 409 g/mol. The first-order valence-corrected chi connectivity index (χ1v) is 6.72. The highest BCUT2D eigenvalue weighted by molar-refractivity contribution is 6.50. The van der Waals surface area contributed by atoms with Gasteiger partial charge < -0.3 is 56.5 Å². The van der Waals surface area contributed by atoms with Gasteiger partial charge in [-0.05, 0) is 18.4 Å². The standard InChI is InChI=1S/C10H12O.3BF4/c1-2-4-9(5-3-1)8-11-10-6-7-10;3*2-1(3,4)5/h1-5,10H,6-8H2;;;/q;3*-1. The molecule has 1 fully saturated rings. The molecule has 0 atom stereocenters. The quantitative estimate of drug-likeness (QED) is 0.423. The molecule has 16 heteroatoms. The van der Waals surface area contributed by atoms with E-state index in [1.807, 2.05) is 18.2 Å². The first-order valence-electron chi connectivity index (χ1n) is 6.72. The van der Waals surface area contributed by atoms with E-state index in [0.29, 0.717) is 6.10 Å². The van der Waals surface area contributed by atoms with Gasteiger partial charge in [0.2, 0.25) is 0 Å². The van der Waals surface area contributed by atoms with E-state index >= 15 is 0 Å².